The van der Waals surface area contributed by atoms with Gasteiger partial charge in [-0.1, -0.05) is 24.3 Å². The maximum absolute atomic E-state index is 11.0. The summed E-state index contributed by atoms with van der Waals surface area (Å²) in [6, 6.07) is 22.5. The van der Waals surface area contributed by atoms with Crippen LogP contribution in [0.1, 0.15) is 19.3 Å². The minimum Gasteiger partial charge on any atom is -0.399 e. The van der Waals surface area contributed by atoms with Crippen molar-refractivity contribution in [3.05, 3.63) is 66.7 Å². The molecule has 0 amide bonds. The Morgan fingerprint density at radius 2 is 1.44 bits per heavy atom. The van der Waals surface area contributed by atoms with Gasteiger partial charge in [0.25, 0.3) is 10.1 Å². The third-order valence-corrected chi connectivity index (χ3v) is 7.58. The first-order valence-electron chi connectivity index (χ1n) is 12.3. The Bertz CT molecular complexity index is 1490. The molecule has 0 atom stereocenters. The van der Waals surface area contributed by atoms with E-state index in [1.807, 2.05) is 36.4 Å². The molecule has 0 aliphatic rings. The lowest BCUT2D eigenvalue weighted by Crippen LogP contribution is -2.44. The fourth-order valence-electron chi connectivity index (χ4n) is 4.99. The van der Waals surface area contributed by atoms with Crippen molar-refractivity contribution in [2.75, 3.05) is 44.4 Å². The molecule has 4 rings (SSSR count). The van der Waals surface area contributed by atoms with Crippen LogP contribution in [0, 0.1) is 0 Å². The number of rotatable bonds is 10. The maximum atomic E-state index is 11.0. The van der Waals surface area contributed by atoms with Crippen LogP contribution in [0.3, 0.4) is 0 Å². The molecule has 4 aromatic rings. The van der Waals surface area contributed by atoms with Gasteiger partial charge < -0.3 is 16.0 Å². The van der Waals surface area contributed by atoms with Gasteiger partial charge in [0.2, 0.25) is 11.2 Å². The summed E-state index contributed by atoms with van der Waals surface area (Å²) in [7, 11) is 0.419. The first-order chi connectivity index (χ1) is 17.0. The Balaban J connectivity index is 1.70. The molecule has 0 bridgehead atoms. The van der Waals surface area contributed by atoms with E-state index in [9.17, 15) is 8.42 Å². The van der Waals surface area contributed by atoms with E-state index in [-0.39, 0.29) is 5.75 Å². The molecule has 0 saturated heterocycles. The Labute approximate surface area is 213 Å². The molecule has 190 valence electrons. The highest BCUT2D eigenvalue weighted by molar-refractivity contribution is 7.85. The summed E-state index contributed by atoms with van der Waals surface area (Å²) in [4.78, 5) is 0. The molecule has 0 aliphatic carbocycles. The quantitative estimate of drug-likeness (QED) is 0.0741. The molecule has 0 saturated carbocycles. The number of aromatic nitrogens is 1. The van der Waals surface area contributed by atoms with Gasteiger partial charge in [-0.2, -0.15) is 13.0 Å². The number of hydrogen-bond donors (Lipinski definition) is 3. The van der Waals surface area contributed by atoms with Gasteiger partial charge in [-0.15, -0.1) is 0 Å². The lowest BCUT2D eigenvalue weighted by molar-refractivity contribution is -0.892. The van der Waals surface area contributed by atoms with E-state index in [0.717, 1.165) is 81.3 Å². The average Bonchev–Trinajstić information content (AvgIpc) is 2.81. The topological polar surface area (TPSA) is 110 Å². The summed E-state index contributed by atoms with van der Waals surface area (Å²) in [5, 5.41) is 3.39. The van der Waals surface area contributed by atoms with E-state index < -0.39 is 10.1 Å². The SMILES string of the molecule is C[N+](C)(CCCCS(=O)(=O)O)CCC[n+]1c(-c2ccccc2)c2cc(N)ccc2c2ccc(N)cc21. The molecule has 0 aliphatic heterocycles. The smallest absolute Gasteiger partial charge is 0.264 e. The molecule has 3 aromatic carbocycles. The van der Waals surface area contributed by atoms with Crippen LogP contribution in [0.25, 0.3) is 32.9 Å². The van der Waals surface area contributed by atoms with Crippen molar-refractivity contribution < 1.29 is 22.0 Å². The molecule has 7 nitrogen and oxygen atoms in total. The van der Waals surface area contributed by atoms with Crippen molar-refractivity contribution in [2.45, 2.75) is 25.8 Å². The molecule has 0 unspecified atom stereocenters. The van der Waals surface area contributed by atoms with Gasteiger partial charge in [0.1, 0.15) is 0 Å². The van der Waals surface area contributed by atoms with Crippen molar-refractivity contribution >= 4 is 43.2 Å². The third kappa shape index (κ3) is 6.13. The van der Waals surface area contributed by atoms with Crippen molar-refractivity contribution in [3.8, 4) is 11.3 Å². The molecular formula is C28H36N4O3S+2. The Morgan fingerprint density at radius 3 is 2.14 bits per heavy atom. The minimum atomic E-state index is -3.90. The summed E-state index contributed by atoms with van der Waals surface area (Å²) in [6.07, 6.45) is 2.13. The van der Waals surface area contributed by atoms with E-state index in [1.54, 1.807) is 0 Å². The van der Waals surface area contributed by atoms with E-state index >= 15 is 0 Å². The number of nitrogens with two attached hydrogens (primary N) is 2. The maximum Gasteiger partial charge on any atom is 0.264 e. The second-order valence-corrected chi connectivity index (χ2v) is 11.7. The Hall–Kier alpha value is -3.20. The van der Waals surface area contributed by atoms with Crippen molar-refractivity contribution in [1.82, 2.24) is 0 Å². The van der Waals surface area contributed by atoms with Crippen LogP contribution >= 0.6 is 0 Å². The highest BCUT2D eigenvalue weighted by Crippen LogP contribution is 2.33. The molecule has 0 radical (unpaired) electrons. The number of nitrogen functional groups attached to an aromatic ring is 2. The predicted octanol–water partition coefficient (Wildman–Crippen LogP) is 4.25. The molecule has 1 aromatic heterocycles. The zero-order valence-corrected chi connectivity index (χ0v) is 21.8. The van der Waals surface area contributed by atoms with Gasteiger partial charge in [0.15, 0.2) is 6.54 Å². The third-order valence-electron chi connectivity index (χ3n) is 6.78. The number of nitrogens with zero attached hydrogens (tertiary/aromatic N) is 2. The molecule has 5 N–H and O–H groups in total. The Morgan fingerprint density at radius 1 is 0.806 bits per heavy atom. The normalized spacial score (nSPS) is 12.4. The number of aryl methyl sites for hydroxylation is 1. The van der Waals surface area contributed by atoms with Gasteiger partial charge in [-0.3, -0.25) is 4.55 Å². The van der Waals surface area contributed by atoms with Crippen molar-refractivity contribution in [2.24, 2.45) is 0 Å². The Kier molecular flexibility index (Phi) is 7.49. The molecule has 0 fully saturated rings. The van der Waals surface area contributed by atoms with Gasteiger partial charge in [-0.25, -0.2) is 0 Å². The summed E-state index contributed by atoms with van der Waals surface area (Å²) < 4.78 is 34.1. The van der Waals surface area contributed by atoms with Gasteiger partial charge >= 0.3 is 0 Å². The highest BCUT2D eigenvalue weighted by Gasteiger charge is 2.25. The van der Waals surface area contributed by atoms with Gasteiger partial charge in [0, 0.05) is 28.4 Å². The van der Waals surface area contributed by atoms with Crippen LogP contribution in [0.4, 0.5) is 11.4 Å². The molecule has 8 heteroatoms. The number of benzene rings is 3. The molecule has 1 heterocycles. The van der Waals surface area contributed by atoms with Crippen LogP contribution in [0.2, 0.25) is 0 Å². The number of pyridine rings is 1. The largest absolute Gasteiger partial charge is 0.399 e. The molecular weight excluding hydrogens is 472 g/mol. The second kappa shape index (κ2) is 10.4. The fraction of sp³-hybridized carbons (Fsp3) is 0.321. The number of fused-ring (bicyclic) bond motifs is 3. The zero-order valence-electron chi connectivity index (χ0n) is 21.0. The average molecular weight is 509 g/mol. The van der Waals surface area contributed by atoms with E-state index in [1.165, 1.54) is 0 Å². The number of unbranched alkanes of at least 4 members (excludes halogenated alkanes) is 1. The molecule has 36 heavy (non-hydrogen) atoms. The van der Waals surface area contributed by atoms with E-state index in [2.05, 4.69) is 49.0 Å². The van der Waals surface area contributed by atoms with Crippen LogP contribution in [0.15, 0.2) is 66.7 Å². The minimum absolute atomic E-state index is 0.184. The van der Waals surface area contributed by atoms with E-state index in [4.69, 9.17) is 16.0 Å². The van der Waals surface area contributed by atoms with Gasteiger partial charge in [0.05, 0.1) is 50.1 Å². The van der Waals surface area contributed by atoms with Crippen LogP contribution in [-0.4, -0.2) is 50.4 Å². The standard InChI is InChI=1S/C28H34N4O3S/c1-32(2,16-6-7-18-36(33,34)35)17-8-15-31-27-20-23(30)12-14-25(27)24-13-11-22(29)19-26(24)28(31)21-9-4-3-5-10-21/h3-5,9-14,19-20,30H,6-8,15-18,29H2,1-2H3/p+2. The van der Waals surface area contributed by atoms with Crippen LogP contribution < -0.4 is 16.0 Å². The number of hydrogen-bond acceptors (Lipinski definition) is 4. The van der Waals surface area contributed by atoms with Crippen LogP contribution in [-0.2, 0) is 16.7 Å². The highest BCUT2D eigenvalue weighted by atomic mass is 32.2. The van der Waals surface area contributed by atoms with Crippen molar-refractivity contribution in [3.63, 3.8) is 0 Å². The van der Waals surface area contributed by atoms with Crippen LogP contribution in [0.5, 0.6) is 0 Å². The lowest BCUT2D eigenvalue weighted by atomic mass is 9.98. The first kappa shape index (κ1) is 25.9. The summed E-state index contributed by atoms with van der Waals surface area (Å²) >= 11 is 0. The fourth-order valence-corrected chi connectivity index (χ4v) is 5.56. The number of anilines is 2. The summed E-state index contributed by atoms with van der Waals surface area (Å²) in [5.74, 6) is -0.184. The monoisotopic (exact) mass is 508 g/mol. The summed E-state index contributed by atoms with van der Waals surface area (Å²) in [6.45, 7) is 2.56. The second-order valence-electron chi connectivity index (χ2n) is 10.2. The van der Waals surface area contributed by atoms with Gasteiger partial charge in [-0.05, 0) is 49.2 Å². The lowest BCUT2D eigenvalue weighted by Gasteiger charge is -2.29. The predicted molar refractivity (Wildman–Crippen MR) is 148 cm³/mol. The van der Waals surface area contributed by atoms with E-state index in [0.29, 0.717) is 6.42 Å². The summed E-state index contributed by atoms with van der Waals surface area (Å²) in [5.41, 5.74) is 17.3. The van der Waals surface area contributed by atoms with Crippen molar-refractivity contribution in [1.29, 1.82) is 0 Å². The molecule has 0 spiro atoms. The number of quaternary nitrogens is 1. The first-order valence-corrected chi connectivity index (χ1v) is 13.9. The zero-order chi connectivity index (χ0) is 25.9.